The molecule has 0 nitrogen and oxygen atoms in total. The van der Waals surface area contributed by atoms with Gasteiger partial charge in [-0.25, -0.2) is 0 Å². The van der Waals surface area contributed by atoms with E-state index < -0.39 is 7.81 Å². The molecule has 156 valence electrons. The van der Waals surface area contributed by atoms with Gasteiger partial charge in [0.05, 0.1) is 0 Å². The first-order chi connectivity index (χ1) is 13.1. The minimum absolute atomic E-state index is 0.0104. The zero-order valence-electron chi connectivity index (χ0n) is 14.0. The summed E-state index contributed by atoms with van der Waals surface area (Å²) in [6.07, 6.45) is 0. The third kappa shape index (κ3) is 6.78. The molecule has 0 saturated heterocycles. The molecule has 0 aliphatic carbocycles. The van der Waals surface area contributed by atoms with Crippen LogP contribution in [0.15, 0.2) is 69.6 Å². The Morgan fingerprint density at radius 1 is 0.655 bits per heavy atom. The van der Waals surface area contributed by atoms with Gasteiger partial charge in [-0.05, 0) is 71.1 Å². The van der Waals surface area contributed by atoms with Crippen molar-refractivity contribution < 1.29 is 25.2 Å². The van der Waals surface area contributed by atoms with Crippen molar-refractivity contribution in [1.82, 2.24) is 0 Å². The quantitative estimate of drug-likeness (QED) is 0.0808. The van der Waals surface area contributed by atoms with Crippen molar-refractivity contribution in [2.24, 2.45) is 0 Å². The Labute approximate surface area is 194 Å². The van der Waals surface area contributed by atoms with Crippen LogP contribution >= 0.6 is 72.7 Å². The van der Waals surface area contributed by atoms with E-state index in [0.717, 1.165) is 8.95 Å². The van der Waals surface area contributed by atoms with Gasteiger partial charge in [0.2, 0.25) is 0 Å². The Kier molecular flexibility index (Phi) is 5.87. The van der Waals surface area contributed by atoms with Crippen LogP contribution in [0.2, 0.25) is 0 Å². The zero-order valence-corrected chi connectivity index (χ0v) is 21.1. The molecule has 0 bridgehead atoms. The Morgan fingerprint density at radius 2 is 1.03 bits per heavy atom. The summed E-state index contributed by atoms with van der Waals surface area (Å²) in [5.41, 5.74) is 0. The van der Waals surface area contributed by atoms with Gasteiger partial charge >= 0.3 is 33.0 Å². The maximum absolute atomic E-state index is 10.7. The molecular weight excluding hydrogens is 680 g/mol. The number of thiophene rings is 1. The number of rotatable bonds is 1. The van der Waals surface area contributed by atoms with Gasteiger partial charge in [-0.15, -0.1) is 0 Å². The number of hydrogen-bond donors (Lipinski definition) is 0. The van der Waals surface area contributed by atoms with Gasteiger partial charge in [-0.2, -0.15) is 0 Å². The van der Waals surface area contributed by atoms with Crippen molar-refractivity contribution in [3.05, 3.63) is 73.2 Å². The van der Waals surface area contributed by atoms with Crippen LogP contribution in [0.1, 0.15) is 0 Å². The van der Waals surface area contributed by atoms with E-state index >= 15 is 0 Å². The molecule has 0 amide bonds. The van der Waals surface area contributed by atoms with E-state index in [1.807, 2.05) is 0 Å². The first kappa shape index (κ1) is 23.2. The predicted octanol–water partition coefficient (Wildman–Crippen LogP) is 11.2. The molecule has 29 heavy (non-hydrogen) atoms. The summed E-state index contributed by atoms with van der Waals surface area (Å²) in [5.74, 6) is 0. The molecule has 0 saturated carbocycles. The molecule has 4 rings (SSSR count). The standard InChI is InChI=1S/C18H10Br2IS.F6P/c19-11-1-7-17-15(9-11)16-10-12(20)2-8-18(16)22(17)14-5-3-13(21)4-6-14;1-7(2,3,4,5)6/h1-10H;/q+1;-1. The molecule has 0 aliphatic heterocycles. The zero-order chi connectivity index (χ0) is 21.7. The Hall–Kier alpha value is -0.420. The van der Waals surface area contributed by atoms with Crippen LogP contribution in [0, 0.1) is 3.57 Å². The molecule has 0 atom stereocenters. The van der Waals surface area contributed by atoms with Crippen molar-refractivity contribution in [2.75, 3.05) is 0 Å². The first-order valence-electron chi connectivity index (χ1n) is 7.74. The fourth-order valence-corrected chi connectivity index (χ4v) is 6.15. The summed E-state index contributed by atoms with van der Waals surface area (Å²) in [7, 11) is -10.7. The van der Waals surface area contributed by atoms with Crippen LogP contribution in [0.25, 0.3) is 25.1 Å². The number of hydrogen-bond acceptors (Lipinski definition) is 0. The molecule has 1 heterocycles. The van der Waals surface area contributed by atoms with E-state index in [0.29, 0.717) is 0 Å². The van der Waals surface area contributed by atoms with Gasteiger partial charge in [0.1, 0.15) is 0 Å². The predicted molar refractivity (Wildman–Crippen MR) is 127 cm³/mol. The second kappa shape index (κ2) is 7.32. The van der Waals surface area contributed by atoms with Gasteiger partial charge < -0.3 is 0 Å². The van der Waals surface area contributed by atoms with E-state index in [9.17, 15) is 25.2 Å². The van der Waals surface area contributed by atoms with Crippen LogP contribution < -0.4 is 0 Å². The van der Waals surface area contributed by atoms with Crippen LogP contribution in [-0.2, 0) is 0 Å². The van der Waals surface area contributed by atoms with E-state index in [2.05, 4.69) is 115 Å². The SMILES string of the molecule is Brc1ccc2c(c1)c1cc(Br)ccc1[s+]2-c1ccc(I)cc1.F[P-](F)(F)(F)(F)F. The third-order valence-electron chi connectivity index (χ3n) is 3.66. The van der Waals surface area contributed by atoms with Crippen LogP contribution in [-0.4, -0.2) is 0 Å². The average Bonchev–Trinajstić information content (AvgIpc) is 2.86. The topological polar surface area (TPSA) is 0 Å². The number of halogens is 9. The molecular formula is C18H10Br2F6IPS. The molecule has 0 spiro atoms. The first-order valence-corrected chi connectivity index (χ1v) is 13.7. The maximum atomic E-state index is 9.87. The van der Waals surface area contributed by atoms with Gasteiger partial charge in [-0.3, -0.25) is 0 Å². The van der Waals surface area contributed by atoms with Gasteiger partial charge in [-0.1, -0.05) is 31.9 Å². The molecule has 11 heteroatoms. The minimum atomic E-state index is -10.7. The van der Waals surface area contributed by atoms with E-state index in [-0.39, 0.29) is 10.5 Å². The van der Waals surface area contributed by atoms with Crippen molar-refractivity contribution in [1.29, 1.82) is 0 Å². The molecule has 0 aliphatic rings. The molecule has 3 aromatic carbocycles. The van der Waals surface area contributed by atoms with E-state index in [1.165, 1.54) is 28.6 Å². The van der Waals surface area contributed by atoms with Crippen molar-refractivity contribution in [3.8, 4) is 4.90 Å². The normalized spacial score (nSPS) is 14.2. The summed E-state index contributed by atoms with van der Waals surface area (Å²) in [4.78, 5) is 1.38. The van der Waals surface area contributed by atoms with Crippen molar-refractivity contribution in [3.63, 3.8) is 0 Å². The fourth-order valence-electron chi connectivity index (χ4n) is 2.72. The monoisotopic (exact) mass is 688 g/mol. The van der Waals surface area contributed by atoms with Crippen LogP contribution in [0.3, 0.4) is 0 Å². The van der Waals surface area contributed by atoms with E-state index in [4.69, 9.17) is 0 Å². The van der Waals surface area contributed by atoms with Gasteiger partial charge in [0, 0.05) is 45.9 Å². The molecule has 0 N–H and O–H groups in total. The Balaban J connectivity index is 0.000000298. The van der Waals surface area contributed by atoms with Crippen LogP contribution in [0.4, 0.5) is 25.2 Å². The van der Waals surface area contributed by atoms with Crippen molar-refractivity contribution >= 4 is 92.9 Å². The summed E-state index contributed by atoms with van der Waals surface area (Å²) in [6, 6.07) is 22.2. The average molecular weight is 690 g/mol. The Bertz CT molecular complexity index is 1150. The molecule has 0 unspecified atom stereocenters. The number of benzene rings is 3. The fraction of sp³-hybridized carbons (Fsp3) is 0. The summed E-state index contributed by atoms with van der Waals surface area (Å²) >= 11 is 9.58. The van der Waals surface area contributed by atoms with Gasteiger partial charge in [0.15, 0.2) is 14.3 Å². The second-order valence-electron chi connectivity index (χ2n) is 6.00. The summed E-state index contributed by atoms with van der Waals surface area (Å²) < 4.78 is 65.6. The van der Waals surface area contributed by atoms with Crippen LogP contribution in [0.5, 0.6) is 0 Å². The summed E-state index contributed by atoms with van der Waals surface area (Å²) in [5, 5.41) is 2.68. The number of fused-ring (bicyclic) bond motifs is 3. The Morgan fingerprint density at radius 3 is 1.41 bits per heavy atom. The molecule has 0 radical (unpaired) electrons. The molecule has 4 aromatic rings. The van der Waals surface area contributed by atoms with Gasteiger partial charge in [0.25, 0.3) is 0 Å². The summed E-state index contributed by atoms with van der Waals surface area (Å²) in [6.45, 7) is 0. The third-order valence-corrected chi connectivity index (χ3v) is 7.70. The second-order valence-corrected chi connectivity index (χ2v) is 13.0. The molecule has 1 aromatic heterocycles. The molecule has 0 fully saturated rings. The van der Waals surface area contributed by atoms with E-state index in [1.54, 1.807) is 0 Å². The van der Waals surface area contributed by atoms with Crippen molar-refractivity contribution in [2.45, 2.75) is 0 Å².